The highest BCUT2D eigenvalue weighted by molar-refractivity contribution is 7.89. The maximum Gasteiger partial charge on any atom is 0.407 e. The van der Waals surface area contributed by atoms with Crippen molar-refractivity contribution < 1.29 is 32.2 Å². The minimum Gasteiger partial charge on any atom is -0.497 e. The van der Waals surface area contributed by atoms with Gasteiger partial charge in [-0.2, -0.15) is 4.31 Å². The van der Waals surface area contributed by atoms with Gasteiger partial charge >= 0.3 is 6.09 Å². The molecule has 0 bridgehead atoms. The molecule has 1 aliphatic heterocycles. The van der Waals surface area contributed by atoms with Gasteiger partial charge < -0.3 is 19.5 Å². The van der Waals surface area contributed by atoms with Crippen LogP contribution in [0.5, 0.6) is 5.75 Å². The Kier molecular flexibility index (Phi) is 9.63. The first-order valence-corrected chi connectivity index (χ1v) is 14.9. The summed E-state index contributed by atoms with van der Waals surface area (Å²) in [6.45, 7) is 4.65. The normalized spacial score (nSPS) is 21.7. The van der Waals surface area contributed by atoms with E-state index >= 15 is 0 Å². The van der Waals surface area contributed by atoms with Gasteiger partial charge in [-0.3, -0.25) is 4.79 Å². The molecule has 2 aliphatic rings. The number of fused-ring (bicyclic) bond motifs is 1. The first-order valence-electron chi connectivity index (χ1n) is 13.4. The Morgan fingerprint density at radius 2 is 1.82 bits per heavy atom. The molecule has 10 heteroatoms. The molecule has 0 radical (unpaired) electrons. The van der Waals surface area contributed by atoms with Crippen molar-refractivity contribution in [1.29, 1.82) is 0 Å². The highest BCUT2D eigenvalue weighted by Gasteiger charge is 2.45. The van der Waals surface area contributed by atoms with Crippen LogP contribution in [0, 0.1) is 11.8 Å². The molecular weight excluding hydrogens is 520 g/mol. The standard InChI is InChI=1S/C29H38N2O7S/c1-20(2)18-31(39(34,35)25-11-9-23(36-3)10-12-25)14-13-22(15-21-7-5-4-6-8-21)30-29(33)38-24-16-26-27(32)19-37-28(26)17-24/h4-12,20,22,24,26,28H,13-19H2,1-3H3,(H,30,33). The lowest BCUT2D eigenvalue weighted by Crippen LogP contribution is -2.42. The van der Waals surface area contributed by atoms with Gasteiger partial charge in [0.1, 0.15) is 18.5 Å². The van der Waals surface area contributed by atoms with Gasteiger partial charge in [-0.25, -0.2) is 13.2 Å². The van der Waals surface area contributed by atoms with Gasteiger partial charge in [0.15, 0.2) is 5.78 Å². The lowest BCUT2D eigenvalue weighted by atomic mass is 10.0. The van der Waals surface area contributed by atoms with Gasteiger partial charge in [0.2, 0.25) is 10.0 Å². The van der Waals surface area contributed by atoms with Crippen molar-refractivity contribution in [3.63, 3.8) is 0 Å². The van der Waals surface area contributed by atoms with Gasteiger partial charge in [-0.05, 0) is 55.0 Å². The topological polar surface area (TPSA) is 111 Å². The van der Waals surface area contributed by atoms with Crippen molar-refractivity contribution in [3.8, 4) is 5.75 Å². The molecular formula is C29H38N2O7S. The fraction of sp³-hybridized carbons (Fsp3) is 0.517. The Hall–Kier alpha value is -2.95. The Labute approximate surface area is 230 Å². The zero-order chi connectivity index (χ0) is 28.0. The number of hydrogen-bond acceptors (Lipinski definition) is 7. The maximum atomic E-state index is 13.5. The summed E-state index contributed by atoms with van der Waals surface area (Å²) in [6.07, 6.45) is 0.770. The number of benzene rings is 2. The number of carbonyl (C=O) groups is 2. The van der Waals surface area contributed by atoms with Crippen LogP contribution in [-0.2, 0) is 30.7 Å². The van der Waals surface area contributed by atoms with Crippen molar-refractivity contribution in [2.45, 2.75) is 62.7 Å². The zero-order valence-electron chi connectivity index (χ0n) is 22.7. The van der Waals surface area contributed by atoms with Gasteiger partial charge in [0.05, 0.1) is 18.1 Å². The summed E-state index contributed by atoms with van der Waals surface area (Å²) in [4.78, 5) is 25.1. The van der Waals surface area contributed by atoms with E-state index < -0.39 is 16.1 Å². The maximum absolute atomic E-state index is 13.5. The third-order valence-corrected chi connectivity index (χ3v) is 9.11. The second-order valence-electron chi connectivity index (χ2n) is 10.7. The van der Waals surface area contributed by atoms with E-state index in [2.05, 4.69) is 5.32 Å². The summed E-state index contributed by atoms with van der Waals surface area (Å²) in [5.74, 6) is 0.555. The predicted octanol–water partition coefficient (Wildman–Crippen LogP) is 3.82. The Morgan fingerprint density at radius 3 is 2.46 bits per heavy atom. The molecule has 4 rings (SSSR count). The molecule has 9 nitrogen and oxygen atoms in total. The molecule has 1 heterocycles. The second-order valence-corrected chi connectivity index (χ2v) is 12.6. The third-order valence-electron chi connectivity index (χ3n) is 7.23. The number of Topliss-reactive ketones (excluding diaryl/α,β-unsaturated/α-hetero) is 1. The molecule has 1 saturated carbocycles. The highest BCUT2D eigenvalue weighted by atomic mass is 32.2. The molecule has 1 saturated heterocycles. The predicted molar refractivity (Wildman–Crippen MR) is 146 cm³/mol. The van der Waals surface area contributed by atoms with E-state index in [-0.39, 0.29) is 53.9 Å². The summed E-state index contributed by atoms with van der Waals surface area (Å²) in [6, 6.07) is 15.7. The van der Waals surface area contributed by atoms with Crippen LogP contribution in [-0.4, -0.2) is 69.7 Å². The van der Waals surface area contributed by atoms with E-state index in [4.69, 9.17) is 14.2 Å². The van der Waals surface area contributed by atoms with Crippen molar-refractivity contribution >= 4 is 21.9 Å². The van der Waals surface area contributed by atoms with Crippen LogP contribution in [0.15, 0.2) is 59.5 Å². The van der Waals surface area contributed by atoms with Crippen LogP contribution in [0.25, 0.3) is 0 Å². The van der Waals surface area contributed by atoms with Crippen molar-refractivity contribution in [2.24, 2.45) is 11.8 Å². The Morgan fingerprint density at radius 1 is 1.10 bits per heavy atom. The molecule has 4 unspecified atom stereocenters. The number of nitrogens with zero attached hydrogens (tertiary/aromatic N) is 1. The molecule has 2 fully saturated rings. The number of ether oxygens (including phenoxy) is 3. The fourth-order valence-electron chi connectivity index (χ4n) is 5.26. The number of carbonyl (C=O) groups excluding carboxylic acids is 2. The van der Waals surface area contributed by atoms with Gasteiger partial charge in [-0.1, -0.05) is 44.2 Å². The number of sulfonamides is 1. The monoisotopic (exact) mass is 558 g/mol. The smallest absolute Gasteiger partial charge is 0.407 e. The van der Waals surface area contributed by atoms with Crippen molar-refractivity contribution in [3.05, 3.63) is 60.2 Å². The molecule has 1 N–H and O–H groups in total. The molecule has 1 aliphatic carbocycles. The summed E-state index contributed by atoms with van der Waals surface area (Å²) >= 11 is 0. The molecule has 2 aromatic carbocycles. The van der Waals surface area contributed by atoms with Crippen LogP contribution in [0.3, 0.4) is 0 Å². The summed E-state index contributed by atoms with van der Waals surface area (Å²) in [5.41, 5.74) is 1.02. The quantitative estimate of drug-likeness (QED) is 0.422. The number of ketones is 1. The average molecular weight is 559 g/mol. The molecule has 0 aromatic heterocycles. The van der Waals surface area contributed by atoms with Crippen LogP contribution in [0.2, 0.25) is 0 Å². The van der Waals surface area contributed by atoms with E-state index in [1.807, 2.05) is 44.2 Å². The molecule has 4 atom stereocenters. The van der Waals surface area contributed by atoms with Crippen LogP contribution < -0.4 is 10.1 Å². The zero-order valence-corrected chi connectivity index (χ0v) is 23.6. The number of nitrogens with one attached hydrogen (secondary N) is 1. The van der Waals surface area contributed by atoms with E-state index in [0.29, 0.717) is 38.0 Å². The minimum absolute atomic E-state index is 0.0665. The number of alkyl carbamates (subject to hydrolysis) is 1. The Balaban J connectivity index is 1.44. The van der Waals surface area contributed by atoms with E-state index in [9.17, 15) is 18.0 Å². The summed E-state index contributed by atoms with van der Waals surface area (Å²) < 4.78 is 44.9. The third kappa shape index (κ3) is 7.58. The summed E-state index contributed by atoms with van der Waals surface area (Å²) in [7, 11) is -2.23. The minimum atomic E-state index is -3.76. The number of rotatable bonds is 12. The van der Waals surface area contributed by atoms with E-state index in [1.54, 1.807) is 24.3 Å². The van der Waals surface area contributed by atoms with Crippen LogP contribution in [0.4, 0.5) is 4.79 Å². The van der Waals surface area contributed by atoms with Gasteiger partial charge in [-0.15, -0.1) is 0 Å². The average Bonchev–Trinajstić information content (AvgIpc) is 3.47. The first kappa shape index (κ1) is 29.0. The van der Waals surface area contributed by atoms with Crippen molar-refractivity contribution in [2.75, 3.05) is 26.8 Å². The molecule has 2 aromatic rings. The molecule has 212 valence electrons. The second kappa shape index (κ2) is 12.9. The fourth-order valence-corrected chi connectivity index (χ4v) is 6.88. The number of hydrogen-bond donors (Lipinski definition) is 1. The largest absolute Gasteiger partial charge is 0.497 e. The van der Waals surface area contributed by atoms with Gasteiger partial charge in [0, 0.05) is 31.5 Å². The molecule has 39 heavy (non-hydrogen) atoms. The summed E-state index contributed by atoms with van der Waals surface area (Å²) in [5, 5.41) is 2.96. The lowest BCUT2D eigenvalue weighted by Gasteiger charge is -2.27. The molecule has 1 amide bonds. The van der Waals surface area contributed by atoms with Crippen LogP contribution in [0.1, 0.15) is 38.7 Å². The first-order chi connectivity index (χ1) is 18.7. The lowest BCUT2D eigenvalue weighted by molar-refractivity contribution is -0.121. The highest BCUT2D eigenvalue weighted by Crippen LogP contribution is 2.35. The van der Waals surface area contributed by atoms with Crippen molar-refractivity contribution in [1.82, 2.24) is 9.62 Å². The Bertz CT molecular complexity index is 1220. The van der Waals surface area contributed by atoms with E-state index in [1.165, 1.54) is 11.4 Å². The van der Waals surface area contributed by atoms with Crippen LogP contribution >= 0.6 is 0 Å². The number of methoxy groups -OCH3 is 1. The SMILES string of the molecule is COc1ccc(S(=O)(=O)N(CCC(Cc2ccccc2)NC(=O)OC2CC3OCC(=O)C3C2)CC(C)C)cc1. The molecule has 0 spiro atoms. The number of amides is 1. The van der Waals surface area contributed by atoms with Gasteiger partial charge in [0.25, 0.3) is 0 Å². The van der Waals surface area contributed by atoms with E-state index in [0.717, 1.165) is 5.56 Å².